The third-order valence-corrected chi connectivity index (χ3v) is 5.63. The van der Waals surface area contributed by atoms with Gasteiger partial charge in [0.25, 0.3) is 0 Å². The summed E-state index contributed by atoms with van der Waals surface area (Å²) in [5.74, 6) is -5.96. The highest BCUT2D eigenvalue weighted by atomic mass is 19.4. The average molecular weight is 620 g/mol. The molecular weight excluding hydrogens is 592 g/mol. The number of ether oxygens (including phenoxy) is 3. The number of amidine groups is 1. The van der Waals surface area contributed by atoms with Crippen molar-refractivity contribution in [1.82, 2.24) is 4.90 Å². The monoisotopic (exact) mass is 619 g/mol. The molecule has 0 amide bonds. The summed E-state index contributed by atoms with van der Waals surface area (Å²) in [5.41, 5.74) is 12.0. The number of nitrogens with one attached hydrogen (secondary N) is 2. The summed E-state index contributed by atoms with van der Waals surface area (Å²) in [6.07, 6.45) is -9.90. The van der Waals surface area contributed by atoms with Crippen molar-refractivity contribution in [3.8, 4) is 11.5 Å². The van der Waals surface area contributed by atoms with Crippen LogP contribution in [0.15, 0.2) is 48.5 Å². The first-order chi connectivity index (χ1) is 20.0. The first-order valence-corrected chi connectivity index (χ1v) is 12.3. The van der Waals surface area contributed by atoms with Crippen molar-refractivity contribution in [3.63, 3.8) is 0 Å². The lowest BCUT2D eigenvalue weighted by atomic mass is 10.1. The van der Waals surface area contributed by atoms with E-state index in [2.05, 4.69) is 0 Å². The van der Waals surface area contributed by atoms with Crippen molar-refractivity contribution < 1.29 is 54.9 Å². The summed E-state index contributed by atoms with van der Waals surface area (Å²) in [4.78, 5) is 33.3. The highest BCUT2D eigenvalue weighted by Crippen LogP contribution is 2.24. The molecule has 0 saturated carbocycles. The second kappa shape index (κ2) is 14.9. The van der Waals surface area contributed by atoms with Gasteiger partial charge in [0.2, 0.25) is 0 Å². The Balaban J connectivity index is 0.000000455. The molecule has 1 saturated heterocycles. The zero-order valence-electron chi connectivity index (χ0n) is 22.3. The highest BCUT2D eigenvalue weighted by Gasteiger charge is 2.54. The van der Waals surface area contributed by atoms with E-state index in [1.807, 2.05) is 4.90 Å². The van der Waals surface area contributed by atoms with Crippen molar-refractivity contribution in [3.05, 3.63) is 59.7 Å². The first kappa shape index (κ1) is 34.4. The fourth-order valence-corrected chi connectivity index (χ4v) is 3.46. The molecule has 0 aromatic heterocycles. The molecule has 234 valence electrons. The van der Waals surface area contributed by atoms with E-state index in [9.17, 15) is 40.7 Å². The molecule has 1 aliphatic heterocycles. The summed E-state index contributed by atoms with van der Waals surface area (Å²) < 4.78 is 83.7. The van der Waals surface area contributed by atoms with Crippen molar-refractivity contribution in [2.75, 3.05) is 26.3 Å². The number of hydrogen-bond acceptors (Lipinski definition) is 8. The Bertz CT molecular complexity index is 1280. The Morgan fingerprint density at radius 3 is 1.86 bits per heavy atom. The molecule has 3 rings (SSSR count). The van der Waals surface area contributed by atoms with Crippen LogP contribution in [0.3, 0.4) is 0 Å². The molecule has 11 nitrogen and oxygen atoms in total. The van der Waals surface area contributed by atoms with Gasteiger partial charge in [0.05, 0.1) is 5.56 Å². The lowest BCUT2D eigenvalue weighted by Gasteiger charge is -2.32. The van der Waals surface area contributed by atoms with Crippen molar-refractivity contribution in [1.29, 1.82) is 10.8 Å². The fraction of sp³-hybridized carbons (Fsp3) is 0.346. The molecule has 0 unspecified atom stereocenters. The van der Waals surface area contributed by atoms with Crippen molar-refractivity contribution >= 4 is 29.3 Å². The van der Waals surface area contributed by atoms with Crippen LogP contribution in [0, 0.1) is 10.8 Å². The minimum atomic E-state index is -5.77. The van der Waals surface area contributed by atoms with Gasteiger partial charge in [-0.3, -0.25) is 20.4 Å². The molecule has 0 aliphatic carbocycles. The van der Waals surface area contributed by atoms with E-state index in [1.54, 1.807) is 48.5 Å². The van der Waals surface area contributed by atoms with Gasteiger partial charge in [-0.25, -0.2) is 4.79 Å². The highest BCUT2D eigenvalue weighted by molar-refractivity contribution is 6.41. The number of Topliss-reactive ketones (excluding diaryl/α,β-unsaturated/α-hetero) is 2. The van der Waals surface area contributed by atoms with Crippen LogP contribution in [0.4, 0.5) is 26.3 Å². The van der Waals surface area contributed by atoms with Crippen molar-refractivity contribution in [2.45, 2.75) is 31.3 Å². The maximum atomic E-state index is 12.2. The number of guanidine groups is 1. The van der Waals surface area contributed by atoms with Gasteiger partial charge < -0.3 is 30.6 Å². The van der Waals surface area contributed by atoms with Gasteiger partial charge in [-0.2, -0.15) is 26.3 Å². The molecule has 0 bridgehead atoms. The number of nitrogens with two attached hydrogens (primary N) is 2. The second-order valence-electron chi connectivity index (χ2n) is 8.79. The van der Waals surface area contributed by atoms with E-state index in [1.165, 1.54) is 0 Å². The summed E-state index contributed by atoms with van der Waals surface area (Å²) in [6.45, 7) is 1.68. The van der Waals surface area contributed by atoms with Gasteiger partial charge in [0, 0.05) is 31.5 Å². The number of nitrogen functional groups attached to an aromatic ring is 1. The van der Waals surface area contributed by atoms with E-state index >= 15 is 0 Å². The van der Waals surface area contributed by atoms with Gasteiger partial charge in [-0.15, -0.1) is 0 Å². The molecule has 6 N–H and O–H groups in total. The number of nitrogens with zero attached hydrogens (tertiary/aromatic N) is 1. The number of alkyl halides is 6. The first-order valence-electron chi connectivity index (χ1n) is 12.3. The van der Waals surface area contributed by atoms with E-state index in [0.717, 1.165) is 12.8 Å². The molecule has 43 heavy (non-hydrogen) atoms. The summed E-state index contributed by atoms with van der Waals surface area (Å²) in [7, 11) is 0. The molecule has 1 aliphatic rings. The lowest BCUT2D eigenvalue weighted by molar-refractivity contribution is -0.193. The zero-order valence-corrected chi connectivity index (χ0v) is 22.3. The maximum absolute atomic E-state index is 12.2. The standard InChI is InChI=1S/C22H27N5O4.C4F6O2/c23-20(24)16-2-1-3-19(14-16)29-12-13-30-21(28)15-4-6-17(7-5-15)31-18-8-10-27(11-9-18)22(25)26;5-3(6,7)1(11)2(12)4(8,9)10/h1-7,14,18H,8-13H2,(H3,23,24)(H3,25,26);. The molecule has 0 radical (unpaired) electrons. The van der Waals surface area contributed by atoms with Crippen LogP contribution in [0.2, 0.25) is 0 Å². The van der Waals surface area contributed by atoms with Crippen LogP contribution in [0.1, 0.15) is 28.8 Å². The van der Waals surface area contributed by atoms with Crippen LogP contribution in [0.5, 0.6) is 11.5 Å². The van der Waals surface area contributed by atoms with E-state index in [-0.39, 0.29) is 31.1 Å². The molecule has 2 aromatic rings. The summed E-state index contributed by atoms with van der Waals surface area (Å²) in [6, 6.07) is 13.7. The Labute approximate surface area is 240 Å². The van der Waals surface area contributed by atoms with Gasteiger partial charge in [-0.1, -0.05) is 12.1 Å². The molecule has 0 spiro atoms. The predicted octanol–water partition coefficient (Wildman–Crippen LogP) is 3.19. The molecule has 1 fully saturated rings. The van der Waals surface area contributed by atoms with Gasteiger partial charge in [0.1, 0.15) is 36.7 Å². The number of hydrogen-bond donors (Lipinski definition) is 4. The molecular formula is C26H27F6N5O6. The second-order valence-corrected chi connectivity index (χ2v) is 8.79. The minimum Gasteiger partial charge on any atom is -0.490 e. The summed E-state index contributed by atoms with van der Waals surface area (Å²) >= 11 is 0. The Hall–Kier alpha value is -4.83. The third-order valence-electron chi connectivity index (χ3n) is 5.63. The topological polar surface area (TPSA) is 182 Å². The quantitative estimate of drug-likeness (QED) is 0.0818. The molecule has 2 aromatic carbocycles. The fourth-order valence-electron chi connectivity index (χ4n) is 3.46. The number of likely N-dealkylation sites (tertiary alicyclic amines) is 1. The van der Waals surface area contributed by atoms with E-state index in [4.69, 9.17) is 36.5 Å². The number of carbonyl (C=O) groups excluding carboxylic acids is 3. The maximum Gasteiger partial charge on any atom is 0.458 e. The number of esters is 1. The van der Waals surface area contributed by atoms with Gasteiger partial charge in [-0.05, 0) is 36.4 Å². The smallest absolute Gasteiger partial charge is 0.458 e. The number of piperidine rings is 1. The Morgan fingerprint density at radius 2 is 1.37 bits per heavy atom. The van der Waals surface area contributed by atoms with Crippen LogP contribution >= 0.6 is 0 Å². The molecule has 1 heterocycles. The van der Waals surface area contributed by atoms with E-state index in [0.29, 0.717) is 35.7 Å². The minimum absolute atomic E-state index is 0.0363. The molecule has 0 atom stereocenters. The van der Waals surface area contributed by atoms with Crippen molar-refractivity contribution in [2.24, 2.45) is 11.5 Å². The van der Waals surface area contributed by atoms with Crippen LogP contribution in [-0.4, -0.2) is 79.0 Å². The normalized spacial score (nSPS) is 13.7. The lowest BCUT2D eigenvalue weighted by Crippen LogP contribution is -2.44. The predicted molar refractivity (Wildman–Crippen MR) is 139 cm³/mol. The van der Waals surface area contributed by atoms with Crippen LogP contribution < -0.4 is 20.9 Å². The SMILES string of the molecule is N=C(N)c1cccc(OCCOC(=O)c2ccc(OC3CCN(C(=N)N)CC3)cc2)c1.O=C(C(=O)C(F)(F)F)C(F)(F)F. The number of benzene rings is 2. The van der Waals surface area contributed by atoms with Gasteiger partial charge in [0.15, 0.2) is 5.96 Å². The van der Waals surface area contributed by atoms with Crippen LogP contribution in [-0.2, 0) is 14.3 Å². The number of halogens is 6. The third kappa shape index (κ3) is 11.2. The number of rotatable bonds is 9. The zero-order chi connectivity index (χ0) is 32.4. The number of carbonyl (C=O) groups is 3. The molecule has 17 heteroatoms. The number of ketones is 2. The largest absolute Gasteiger partial charge is 0.490 e. The van der Waals surface area contributed by atoms with Gasteiger partial charge >= 0.3 is 29.9 Å². The summed E-state index contributed by atoms with van der Waals surface area (Å²) in [5, 5.41) is 14.9. The average Bonchev–Trinajstić information content (AvgIpc) is 2.94. The van der Waals surface area contributed by atoms with Crippen LogP contribution in [0.25, 0.3) is 0 Å². The Kier molecular flexibility index (Phi) is 11.9. The Morgan fingerprint density at radius 1 is 0.814 bits per heavy atom. The van der Waals surface area contributed by atoms with E-state index < -0.39 is 29.9 Å².